The van der Waals surface area contributed by atoms with Crippen molar-refractivity contribution >= 4 is 29.2 Å². The lowest BCUT2D eigenvalue weighted by Gasteiger charge is -2.13. The molecule has 0 bridgehead atoms. The molecule has 0 radical (unpaired) electrons. The van der Waals surface area contributed by atoms with Crippen LogP contribution >= 0.6 is 23.2 Å². The van der Waals surface area contributed by atoms with Crippen molar-refractivity contribution in [1.29, 1.82) is 0 Å². The highest BCUT2D eigenvalue weighted by atomic mass is 35.5. The minimum atomic E-state index is -0.875. The molecule has 0 amide bonds. The summed E-state index contributed by atoms with van der Waals surface area (Å²) in [5, 5.41) is 14.8. The maximum Gasteiger partial charge on any atom is 0.303 e. The molecule has 7 nitrogen and oxygen atoms in total. The van der Waals surface area contributed by atoms with Gasteiger partial charge in [-0.1, -0.05) is 71.7 Å². The molecule has 0 saturated heterocycles. The van der Waals surface area contributed by atoms with Crippen molar-refractivity contribution in [2.45, 2.75) is 32.7 Å². The third-order valence-corrected chi connectivity index (χ3v) is 6.84. The van der Waals surface area contributed by atoms with E-state index in [-0.39, 0.29) is 19.6 Å². The number of carboxylic acid groups (broad SMARTS) is 1. The van der Waals surface area contributed by atoms with E-state index in [0.29, 0.717) is 40.5 Å². The molecular weight excluding hydrogens is 575 g/mol. The molecule has 0 atom stereocenters. The standard InChI is InChI=1S/C33H28Cl2N2O5/c34-26-11-13-31(30(35)18-26)41-21-24-15-25(17-29(16-24)40-20-23-7-3-1-4-8-23)22-42-32-19-28(12-14-33(38)39)37(36-32)27-9-5-2-6-10-27/h1-11,13,15-19H,12,14,20-22H2,(H,38,39). The van der Waals surface area contributed by atoms with Crippen LogP contribution < -0.4 is 14.2 Å². The molecule has 42 heavy (non-hydrogen) atoms. The lowest BCUT2D eigenvalue weighted by atomic mass is 10.1. The summed E-state index contributed by atoms with van der Waals surface area (Å²) in [6.07, 6.45) is 0.303. The number of halogens is 2. The van der Waals surface area contributed by atoms with Crippen LogP contribution in [-0.4, -0.2) is 20.9 Å². The van der Waals surface area contributed by atoms with Crippen molar-refractivity contribution < 1.29 is 24.1 Å². The van der Waals surface area contributed by atoms with Gasteiger partial charge in [0.25, 0.3) is 0 Å². The molecule has 0 fully saturated rings. The highest BCUT2D eigenvalue weighted by Gasteiger charge is 2.13. The van der Waals surface area contributed by atoms with E-state index in [9.17, 15) is 9.90 Å². The number of hydrogen-bond donors (Lipinski definition) is 1. The van der Waals surface area contributed by atoms with Crippen LogP contribution in [0.5, 0.6) is 17.4 Å². The van der Waals surface area contributed by atoms with Crippen molar-refractivity contribution in [3.63, 3.8) is 0 Å². The van der Waals surface area contributed by atoms with Crippen LogP contribution in [0.1, 0.15) is 28.8 Å². The topological polar surface area (TPSA) is 82.8 Å². The number of rotatable bonds is 13. The van der Waals surface area contributed by atoms with E-state index in [0.717, 1.165) is 28.1 Å². The molecule has 1 N–H and O–H groups in total. The minimum absolute atomic E-state index is 0.0141. The van der Waals surface area contributed by atoms with E-state index < -0.39 is 5.97 Å². The summed E-state index contributed by atoms with van der Waals surface area (Å²) in [4.78, 5) is 11.2. The van der Waals surface area contributed by atoms with Crippen molar-refractivity contribution in [1.82, 2.24) is 9.78 Å². The predicted octanol–water partition coefficient (Wildman–Crippen LogP) is 7.93. The second-order valence-electron chi connectivity index (χ2n) is 9.53. The zero-order chi connectivity index (χ0) is 29.3. The second-order valence-corrected chi connectivity index (χ2v) is 10.4. The summed E-state index contributed by atoms with van der Waals surface area (Å²) in [5.41, 5.74) is 4.33. The molecule has 5 aromatic rings. The van der Waals surface area contributed by atoms with Crippen LogP contribution in [-0.2, 0) is 31.0 Å². The van der Waals surface area contributed by atoms with E-state index in [1.54, 1.807) is 28.9 Å². The Morgan fingerprint density at radius 3 is 2.10 bits per heavy atom. The molecule has 0 spiro atoms. The first kappa shape index (κ1) is 29.0. The van der Waals surface area contributed by atoms with E-state index in [4.69, 9.17) is 37.4 Å². The van der Waals surface area contributed by atoms with Crippen LogP contribution in [0.4, 0.5) is 0 Å². The number of carboxylic acids is 1. The van der Waals surface area contributed by atoms with Crippen LogP contribution in [0.2, 0.25) is 10.0 Å². The number of aryl methyl sites for hydroxylation is 1. The zero-order valence-electron chi connectivity index (χ0n) is 22.6. The van der Waals surface area contributed by atoms with Gasteiger partial charge in [0.05, 0.1) is 17.1 Å². The van der Waals surface area contributed by atoms with Gasteiger partial charge < -0.3 is 19.3 Å². The smallest absolute Gasteiger partial charge is 0.303 e. The van der Waals surface area contributed by atoms with Crippen LogP contribution in [0.3, 0.4) is 0 Å². The van der Waals surface area contributed by atoms with Gasteiger partial charge in [0.15, 0.2) is 0 Å². The molecule has 0 aliphatic carbocycles. The van der Waals surface area contributed by atoms with Crippen molar-refractivity contribution in [2.24, 2.45) is 0 Å². The van der Waals surface area contributed by atoms with Gasteiger partial charge in [-0.15, -0.1) is 5.10 Å². The van der Waals surface area contributed by atoms with Gasteiger partial charge in [-0.3, -0.25) is 4.79 Å². The molecule has 0 aliphatic rings. The van der Waals surface area contributed by atoms with Gasteiger partial charge in [0.2, 0.25) is 5.88 Å². The molecule has 214 valence electrons. The van der Waals surface area contributed by atoms with E-state index in [2.05, 4.69) is 5.10 Å². The quantitative estimate of drug-likeness (QED) is 0.147. The first-order chi connectivity index (χ1) is 20.4. The van der Waals surface area contributed by atoms with Crippen molar-refractivity contribution in [2.75, 3.05) is 0 Å². The van der Waals surface area contributed by atoms with E-state index >= 15 is 0 Å². The Balaban J connectivity index is 1.35. The summed E-state index contributed by atoms with van der Waals surface area (Å²) in [6.45, 7) is 0.864. The Morgan fingerprint density at radius 1 is 0.738 bits per heavy atom. The fourth-order valence-electron chi connectivity index (χ4n) is 4.30. The van der Waals surface area contributed by atoms with Crippen molar-refractivity contribution in [3.8, 4) is 23.1 Å². The monoisotopic (exact) mass is 602 g/mol. The first-order valence-electron chi connectivity index (χ1n) is 13.3. The van der Waals surface area contributed by atoms with Gasteiger partial charge in [-0.2, -0.15) is 0 Å². The summed E-state index contributed by atoms with van der Waals surface area (Å²) in [5.74, 6) is 0.702. The number of benzene rings is 4. The molecule has 1 aromatic heterocycles. The number of ether oxygens (including phenoxy) is 3. The highest BCUT2D eigenvalue weighted by Crippen LogP contribution is 2.29. The largest absolute Gasteiger partial charge is 0.489 e. The number of aliphatic carboxylic acids is 1. The second kappa shape index (κ2) is 13.9. The zero-order valence-corrected chi connectivity index (χ0v) is 24.1. The maximum atomic E-state index is 11.2. The Hall–Kier alpha value is -4.46. The molecular formula is C33H28Cl2N2O5. The Morgan fingerprint density at radius 2 is 1.40 bits per heavy atom. The minimum Gasteiger partial charge on any atom is -0.489 e. The van der Waals surface area contributed by atoms with Gasteiger partial charge in [0, 0.05) is 23.2 Å². The summed E-state index contributed by atoms with van der Waals surface area (Å²) in [6, 6.07) is 32.1. The van der Waals surface area contributed by atoms with Crippen LogP contribution in [0, 0.1) is 0 Å². The summed E-state index contributed by atoms with van der Waals surface area (Å²) in [7, 11) is 0. The molecule has 4 aromatic carbocycles. The van der Waals surface area contributed by atoms with E-state index in [1.165, 1.54) is 0 Å². The van der Waals surface area contributed by atoms with E-state index in [1.807, 2.05) is 78.9 Å². The molecule has 0 unspecified atom stereocenters. The third kappa shape index (κ3) is 8.06. The first-order valence-corrected chi connectivity index (χ1v) is 14.0. The molecule has 9 heteroatoms. The average Bonchev–Trinajstić information content (AvgIpc) is 3.42. The Labute approximate surface area is 253 Å². The third-order valence-electron chi connectivity index (χ3n) is 6.31. The number of para-hydroxylation sites is 1. The van der Waals surface area contributed by atoms with Gasteiger partial charge in [-0.25, -0.2) is 4.68 Å². The van der Waals surface area contributed by atoms with Gasteiger partial charge in [0.1, 0.15) is 31.3 Å². The normalized spacial score (nSPS) is 10.8. The highest BCUT2D eigenvalue weighted by molar-refractivity contribution is 6.35. The van der Waals surface area contributed by atoms with Crippen molar-refractivity contribution in [3.05, 3.63) is 136 Å². The molecule has 1 heterocycles. The predicted molar refractivity (Wildman–Crippen MR) is 162 cm³/mol. The summed E-state index contributed by atoms with van der Waals surface area (Å²) < 4.78 is 19.9. The Kier molecular flexibility index (Phi) is 9.64. The fourth-order valence-corrected chi connectivity index (χ4v) is 4.76. The van der Waals surface area contributed by atoms with Crippen LogP contribution in [0.25, 0.3) is 5.69 Å². The lowest BCUT2D eigenvalue weighted by molar-refractivity contribution is -0.136. The molecule has 5 rings (SSSR count). The number of aromatic nitrogens is 2. The average molecular weight is 604 g/mol. The molecule has 0 saturated carbocycles. The Bertz CT molecular complexity index is 1640. The number of nitrogens with zero attached hydrogens (tertiary/aromatic N) is 2. The molecule has 0 aliphatic heterocycles. The summed E-state index contributed by atoms with van der Waals surface area (Å²) >= 11 is 12.3. The lowest BCUT2D eigenvalue weighted by Crippen LogP contribution is -2.05. The SMILES string of the molecule is O=C(O)CCc1cc(OCc2cc(COc3ccc(Cl)cc3Cl)cc(OCc3ccccc3)c2)nn1-c1ccccc1. The van der Waals surface area contributed by atoms with Gasteiger partial charge >= 0.3 is 5.97 Å². The fraction of sp³-hybridized carbons (Fsp3) is 0.152. The number of carbonyl (C=O) groups is 1. The van der Waals surface area contributed by atoms with Crippen LogP contribution in [0.15, 0.2) is 103 Å². The number of hydrogen-bond acceptors (Lipinski definition) is 5. The maximum absolute atomic E-state index is 11.2. The van der Waals surface area contributed by atoms with Gasteiger partial charge in [-0.05, 0) is 65.2 Å².